The minimum atomic E-state index is -3.52. The molecule has 0 spiro atoms. The molecule has 10 heteroatoms. The summed E-state index contributed by atoms with van der Waals surface area (Å²) in [5.41, 5.74) is 1.00. The van der Waals surface area contributed by atoms with E-state index in [9.17, 15) is 22.8 Å². The van der Waals surface area contributed by atoms with Crippen LogP contribution in [0.25, 0.3) is 0 Å². The van der Waals surface area contributed by atoms with Crippen molar-refractivity contribution in [2.45, 2.75) is 43.5 Å². The largest absolute Gasteiger partial charge is 0.353 e. The maximum atomic E-state index is 12.7. The van der Waals surface area contributed by atoms with Crippen molar-refractivity contribution in [3.8, 4) is 0 Å². The van der Waals surface area contributed by atoms with Crippen LogP contribution in [0.4, 0.5) is 4.79 Å². The van der Waals surface area contributed by atoms with Gasteiger partial charge in [-0.05, 0) is 38.3 Å². The summed E-state index contributed by atoms with van der Waals surface area (Å²) in [6, 6.07) is 6.38. The van der Waals surface area contributed by atoms with Crippen LogP contribution in [0.1, 0.15) is 31.2 Å². The van der Waals surface area contributed by atoms with Crippen LogP contribution in [0.2, 0.25) is 0 Å². The van der Waals surface area contributed by atoms with Crippen molar-refractivity contribution in [2.24, 2.45) is 0 Å². The van der Waals surface area contributed by atoms with Crippen molar-refractivity contribution in [1.29, 1.82) is 0 Å². The highest BCUT2D eigenvalue weighted by atomic mass is 32.2. The second kappa shape index (κ2) is 9.13. The lowest BCUT2D eigenvalue weighted by atomic mass is 10.1. The number of imide groups is 1. The third-order valence-corrected chi connectivity index (χ3v) is 7.41. The third-order valence-electron chi connectivity index (χ3n) is 5.49. The summed E-state index contributed by atoms with van der Waals surface area (Å²) >= 11 is 0. The van der Waals surface area contributed by atoms with Gasteiger partial charge in [0.2, 0.25) is 21.8 Å². The Balaban J connectivity index is 1.42. The van der Waals surface area contributed by atoms with Gasteiger partial charge in [-0.15, -0.1) is 0 Å². The van der Waals surface area contributed by atoms with E-state index in [4.69, 9.17) is 0 Å². The highest BCUT2D eigenvalue weighted by Crippen LogP contribution is 2.21. The highest BCUT2D eigenvalue weighted by Gasteiger charge is 2.33. The lowest BCUT2D eigenvalue weighted by Crippen LogP contribution is -2.46. The van der Waals surface area contributed by atoms with Crippen molar-refractivity contribution >= 4 is 27.9 Å². The van der Waals surface area contributed by atoms with Gasteiger partial charge in [-0.2, -0.15) is 4.31 Å². The first-order chi connectivity index (χ1) is 14.2. The summed E-state index contributed by atoms with van der Waals surface area (Å²) < 4.78 is 27.0. The zero-order chi connectivity index (χ0) is 21.9. The fourth-order valence-electron chi connectivity index (χ4n) is 3.69. The molecule has 0 unspecified atom stereocenters. The normalized spacial score (nSPS) is 18.9. The number of urea groups is 1. The molecule has 0 aliphatic carbocycles. The smallest absolute Gasteiger partial charge is 0.326 e. The van der Waals surface area contributed by atoms with E-state index >= 15 is 0 Å². The number of hydrogen-bond acceptors (Lipinski definition) is 5. The van der Waals surface area contributed by atoms with Gasteiger partial charge in [0.15, 0.2) is 0 Å². The summed E-state index contributed by atoms with van der Waals surface area (Å²) in [7, 11) is -1.95. The third kappa shape index (κ3) is 4.99. The molecule has 0 aromatic heterocycles. The van der Waals surface area contributed by atoms with Crippen LogP contribution < -0.4 is 5.32 Å². The summed E-state index contributed by atoms with van der Waals surface area (Å²) in [5, 5.41) is 2.94. The van der Waals surface area contributed by atoms with Gasteiger partial charge < -0.3 is 10.2 Å². The van der Waals surface area contributed by atoms with Gasteiger partial charge in [-0.25, -0.2) is 13.2 Å². The number of carbonyl (C=O) groups excluding carboxylic acids is 3. The molecule has 164 valence electrons. The van der Waals surface area contributed by atoms with Gasteiger partial charge in [-0.1, -0.05) is 17.7 Å². The number of likely N-dealkylation sites (N-methyl/N-ethyl adjacent to an activating group) is 1. The number of nitrogens with one attached hydrogen (secondary N) is 1. The first-order valence-electron chi connectivity index (χ1n) is 10.1. The number of hydrogen-bond donors (Lipinski definition) is 1. The van der Waals surface area contributed by atoms with Crippen LogP contribution in [-0.4, -0.2) is 79.6 Å². The maximum Gasteiger partial charge on any atom is 0.326 e. The number of nitrogens with zero attached hydrogens (tertiary/aromatic N) is 3. The zero-order valence-corrected chi connectivity index (χ0v) is 18.2. The van der Waals surface area contributed by atoms with Crippen LogP contribution in [0.5, 0.6) is 0 Å². The number of rotatable bonds is 7. The predicted octanol–water partition coefficient (Wildman–Crippen LogP) is 0.939. The van der Waals surface area contributed by atoms with E-state index in [0.29, 0.717) is 32.4 Å². The number of sulfonamides is 1. The van der Waals surface area contributed by atoms with Crippen LogP contribution in [0, 0.1) is 6.92 Å². The zero-order valence-electron chi connectivity index (χ0n) is 17.3. The Labute approximate surface area is 177 Å². The van der Waals surface area contributed by atoms with Gasteiger partial charge in [0.05, 0.1) is 4.90 Å². The van der Waals surface area contributed by atoms with Gasteiger partial charge in [0.1, 0.15) is 6.54 Å². The molecule has 2 aliphatic rings. The highest BCUT2D eigenvalue weighted by molar-refractivity contribution is 7.89. The first-order valence-corrected chi connectivity index (χ1v) is 11.5. The molecule has 0 atom stereocenters. The number of piperidine rings is 1. The molecule has 1 N–H and O–H groups in total. The van der Waals surface area contributed by atoms with Crippen molar-refractivity contribution in [3.63, 3.8) is 0 Å². The Morgan fingerprint density at radius 2 is 1.77 bits per heavy atom. The topological polar surface area (TPSA) is 107 Å². The molecule has 2 saturated heterocycles. The maximum absolute atomic E-state index is 12.7. The Bertz CT molecular complexity index is 908. The second-order valence-corrected chi connectivity index (χ2v) is 9.78. The molecular formula is C20H28N4O5S. The molecule has 1 aromatic rings. The summed E-state index contributed by atoms with van der Waals surface area (Å²) in [6.07, 6.45) is 1.70. The lowest BCUT2D eigenvalue weighted by Gasteiger charge is -2.31. The first kappa shape index (κ1) is 22.2. The van der Waals surface area contributed by atoms with E-state index < -0.39 is 10.0 Å². The molecule has 2 aliphatic heterocycles. The standard InChI is InChI=1S/C20H28N4O5S/c1-15-5-7-17(8-6-15)30(28,29)23-12-9-16(10-13-23)21-18(25)4-3-11-24-19(26)14-22(2)20(24)27/h5-8,16H,3-4,9-14H2,1-2H3,(H,21,25). The molecule has 0 bridgehead atoms. The van der Waals surface area contributed by atoms with E-state index in [1.54, 1.807) is 31.3 Å². The van der Waals surface area contributed by atoms with Crippen molar-refractivity contribution in [3.05, 3.63) is 29.8 Å². The van der Waals surface area contributed by atoms with Crippen LogP contribution >= 0.6 is 0 Å². The molecule has 2 fully saturated rings. The summed E-state index contributed by atoms with van der Waals surface area (Å²) in [5.74, 6) is -0.396. The molecule has 30 heavy (non-hydrogen) atoms. The predicted molar refractivity (Wildman–Crippen MR) is 110 cm³/mol. The second-order valence-electron chi connectivity index (χ2n) is 7.85. The molecule has 0 radical (unpaired) electrons. The summed E-state index contributed by atoms with van der Waals surface area (Å²) in [4.78, 5) is 38.5. The van der Waals surface area contributed by atoms with Gasteiger partial charge >= 0.3 is 6.03 Å². The fourth-order valence-corrected chi connectivity index (χ4v) is 5.16. The van der Waals surface area contributed by atoms with Crippen LogP contribution in [0.3, 0.4) is 0 Å². The number of benzene rings is 1. The minimum absolute atomic E-state index is 0.0785. The molecule has 2 heterocycles. The SMILES string of the molecule is Cc1ccc(S(=O)(=O)N2CCC(NC(=O)CCCN3C(=O)CN(C)C3=O)CC2)cc1. The van der Waals surface area contributed by atoms with Crippen LogP contribution in [0.15, 0.2) is 29.2 Å². The Morgan fingerprint density at radius 3 is 2.33 bits per heavy atom. The van der Waals surface area contributed by atoms with Crippen molar-refractivity contribution < 1.29 is 22.8 Å². The minimum Gasteiger partial charge on any atom is -0.353 e. The molecule has 0 saturated carbocycles. The number of carbonyl (C=O) groups is 3. The molecule has 1 aromatic carbocycles. The average Bonchev–Trinajstić information content (AvgIpc) is 2.94. The molecule has 9 nitrogen and oxygen atoms in total. The lowest BCUT2D eigenvalue weighted by molar-refractivity contribution is -0.126. The van der Waals surface area contributed by atoms with Gasteiger partial charge in [-0.3, -0.25) is 14.5 Å². The van der Waals surface area contributed by atoms with Crippen molar-refractivity contribution in [1.82, 2.24) is 19.4 Å². The molecular weight excluding hydrogens is 408 g/mol. The summed E-state index contributed by atoms with van der Waals surface area (Å²) in [6.45, 7) is 2.91. The van der Waals surface area contributed by atoms with E-state index in [1.807, 2.05) is 6.92 Å². The van der Waals surface area contributed by atoms with Gasteiger partial charge in [0.25, 0.3) is 0 Å². The van der Waals surface area contributed by atoms with E-state index in [0.717, 1.165) is 5.56 Å². The monoisotopic (exact) mass is 436 g/mol. The quantitative estimate of drug-likeness (QED) is 0.640. The molecule has 3 rings (SSSR count). The Hall–Kier alpha value is -2.46. The number of amides is 4. The van der Waals surface area contributed by atoms with Gasteiger partial charge in [0, 0.05) is 39.1 Å². The van der Waals surface area contributed by atoms with E-state index in [2.05, 4.69) is 5.32 Å². The average molecular weight is 437 g/mol. The fraction of sp³-hybridized carbons (Fsp3) is 0.550. The molecule has 4 amide bonds. The van der Waals surface area contributed by atoms with Crippen LogP contribution in [-0.2, 0) is 19.6 Å². The Morgan fingerprint density at radius 1 is 1.13 bits per heavy atom. The Kier molecular flexibility index (Phi) is 6.77. The number of aryl methyl sites for hydroxylation is 1. The van der Waals surface area contributed by atoms with E-state index in [1.165, 1.54) is 14.1 Å². The van der Waals surface area contributed by atoms with E-state index in [-0.39, 0.29) is 48.3 Å². The van der Waals surface area contributed by atoms with Crippen molar-refractivity contribution in [2.75, 3.05) is 33.2 Å².